The standard InChI is InChI=1S/C11H15ClN2O3S/c1-11(2,18(3,16)17)7-14-10(15)8-4-5-13-6-9(8)12/h4-6H,7H2,1-3H3,(H,14,15). The Hall–Kier alpha value is -1.14. The van der Waals surface area contributed by atoms with Crippen molar-refractivity contribution in [3.8, 4) is 0 Å². The van der Waals surface area contributed by atoms with Crippen LogP contribution in [-0.2, 0) is 9.84 Å². The van der Waals surface area contributed by atoms with E-state index in [-0.39, 0.29) is 17.1 Å². The quantitative estimate of drug-likeness (QED) is 0.906. The number of sulfone groups is 1. The van der Waals surface area contributed by atoms with Gasteiger partial charge in [-0.25, -0.2) is 8.42 Å². The van der Waals surface area contributed by atoms with Crippen LogP contribution in [0.1, 0.15) is 24.2 Å². The minimum absolute atomic E-state index is 0.0172. The van der Waals surface area contributed by atoms with Gasteiger partial charge in [-0.1, -0.05) is 11.6 Å². The first kappa shape index (κ1) is 14.9. The van der Waals surface area contributed by atoms with Crippen molar-refractivity contribution >= 4 is 27.3 Å². The molecule has 0 atom stereocenters. The fraction of sp³-hybridized carbons (Fsp3) is 0.455. The van der Waals surface area contributed by atoms with E-state index in [4.69, 9.17) is 11.6 Å². The van der Waals surface area contributed by atoms with Crippen LogP contribution in [0.15, 0.2) is 18.5 Å². The molecule has 7 heteroatoms. The van der Waals surface area contributed by atoms with E-state index in [1.54, 1.807) is 13.8 Å². The van der Waals surface area contributed by atoms with Gasteiger partial charge in [0, 0.05) is 25.2 Å². The monoisotopic (exact) mass is 290 g/mol. The molecule has 1 aromatic heterocycles. The van der Waals surface area contributed by atoms with Gasteiger partial charge in [-0.3, -0.25) is 9.78 Å². The van der Waals surface area contributed by atoms with Crippen molar-refractivity contribution in [3.63, 3.8) is 0 Å². The average Bonchev–Trinajstić information content (AvgIpc) is 2.25. The van der Waals surface area contributed by atoms with Gasteiger partial charge in [0.25, 0.3) is 5.91 Å². The summed E-state index contributed by atoms with van der Waals surface area (Å²) in [6, 6.07) is 1.48. The molecule has 0 unspecified atom stereocenters. The SMILES string of the molecule is CC(C)(CNC(=O)c1ccncc1Cl)S(C)(=O)=O. The van der Waals surface area contributed by atoms with Crippen LogP contribution in [0, 0.1) is 0 Å². The summed E-state index contributed by atoms with van der Waals surface area (Å²) in [5, 5.41) is 2.79. The molecule has 1 aromatic rings. The summed E-state index contributed by atoms with van der Waals surface area (Å²) in [5.74, 6) is -0.417. The molecule has 0 radical (unpaired) electrons. The van der Waals surface area contributed by atoms with Crippen molar-refractivity contribution in [1.82, 2.24) is 10.3 Å². The lowest BCUT2D eigenvalue weighted by Gasteiger charge is -2.22. The van der Waals surface area contributed by atoms with Gasteiger partial charge in [-0.2, -0.15) is 0 Å². The first-order valence-corrected chi connectivity index (χ1v) is 7.49. The van der Waals surface area contributed by atoms with Gasteiger partial charge < -0.3 is 5.32 Å². The molecule has 0 fully saturated rings. The van der Waals surface area contributed by atoms with Crippen LogP contribution in [0.4, 0.5) is 0 Å². The normalized spacial score (nSPS) is 12.2. The molecule has 1 heterocycles. The van der Waals surface area contributed by atoms with Gasteiger partial charge in [0.15, 0.2) is 9.84 Å². The molecule has 100 valence electrons. The van der Waals surface area contributed by atoms with Crippen LogP contribution in [0.25, 0.3) is 0 Å². The number of carbonyl (C=O) groups is 1. The van der Waals surface area contributed by atoms with E-state index in [0.717, 1.165) is 6.26 Å². The summed E-state index contributed by atoms with van der Waals surface area (Å²) in [5.41, 5.74) is 0.274. The van der Waals surface area contributed by atoms with Crippen LogP contribution in [0.5, 0.6) is 0 Å². The molecule has 0 saturated heterocycles. The van der Waals surface area contributed by atoms with Crippen LogP contribution < -0.4 is 5.32 Å². The summed E-state index contributed by atoms with van der Waals surface area (Å²) < 4.78 is 21.9. The molecular weight excluding hydrogens is 276 g/mol. The Morgan fingerprint density at radius 2 is 2.11 bits per heavy atom. The lowest BCUT2D eigenvalue weighted by molar-refractivity contribution is 0.0950. The Morgan fingerprint density at radius 1 is 1.50 bits per heavy atom. The first-order valence-electron chi connectivity index (χ1n) is 5.22. The number of halogens is 1. The predicted octanol–water partition coefficient (Wildman–Crippen LogP) is 1.29. The molecule has 0 aromatic carbocycles. The van der Waals surface area contributed by atoms with Gasteiger partial charge in [-0.15, -0.1) is 0 Å². The number of pyridine rings is 1. The van der Waals surface area contributed by atoms with Crippen molar-refractivity contribution in [1.29, 1.82) is 0 Å². The highest BCUT2D eigenvalue weighted by Crippen LogP contribution is 2.16. The van der Waals surface area contributed by atoms with Crippen LogP contribution >= 0.6 is 11.6 Å². The van der Waals surface area contributed by atoms with Crippen LogP contribution in [-0.4, -0.2) is 36.9 Å². The first-order chi connectivity index (χ1) is 8.15. The summed E-state index contributed by atoms with van der Waals surface area (Å²) in [6.45, 7) is 3.12. The lowest BCUT2D eigenvalue weighted by atomic mass is 10.2. The fourth-order valence-corrected chi connectivity index (χ4v) is 1.62. The zero-order valence-corrected chi connectivity index (χ0v) is 12.0. The number of amides is 1. The zero-order chi connectivity index (χ0) is 14.0. The van der Waals surface area contributed by atoms with E-state index in [9.17, 15) is 13.2 Å². The van der Waals surface area contributed by atoms with E-state index in [0.29, 0.717) is 0 Å². The van der Waals surface area contributed by atoms with Crippen molar-refractivity contribution in [2.45, 2.75) is 18.6 Å². The second-order valence-electron chi connectivity index (χ2n) is 4.57. The lowest BCUT2D eigenvalue weighted by Crippen LogP contribution is -2.43. The largest absolute Gasteiger partial charge is 0.350 e. The number of aromatic nitrogens is 1. The highest BCUT2D eigenvalue weighted by molar-refractivity contribution is 7.92. The summed E-state index contributed by atoms with van der Waals surface area (Å²) in [6.07, 6.45) is 3.94. The number of nitrogens with zero attached hydrogens (tertiary/aromatic N) is 1. The molecule has 0 aliphatic heterocycles. The van der Waals surface area contributed by atoms with Crippen LogP contribution in [0.2, 0.25) is 5.02 Å². The van der Waals surface area contributed by atoms with Gasteiger partial charge in [0.05, 0.1) is 15.3 Å². The van der Waals surface area contributed by atoms with Gasteiger partial charge in [0.1, 0.15) is 0 Å². The highest BCUT2D eigenvalue weighted by atomic mass is 35.5. The molecule has 0 aliphatic carbocycles. The summed E-state index contributed by atoms with van der Waals surface area (Å²) in [7, 11) is -3.25. The smallest absolute Gasteiger partial charge is 0.252 e. The van der Waals surface area contributed by atoms with E-state index in [2.05, 4.69) is 10.3 Å². The Kier molecular flexibility index (Phi) is 4.34. The second-order valence-corrected chi connectivity index (χ2v) is 7.63. The molecule has 0 bridgehead atoms. The molecule has 0 saturated carbocycles. The van der Waals surface area contributed by atoms with E-state index in [1.807, 2.05) is 0 Å². The van der Waals surface area contributed by atoms with Gasteiger partial charge in [-0.05, 0) is 19.9 Å². The molecule has 0 aliphatic rings. The maximum Gasteiger partial charge on any atom is 0.252 e. The molecule has 0 spiro atoms. The third-order valence-electron chi connectivity index (χ3n) is 2.70. The van der Waals surface area contributed by atoms with Crippen LogP contribution in [0.3, 0.4) is 0 Å². The minimum Gasteiger partial charge on any atom is -0.350 e. The zero-order valence-electron chi connectivity index (χ0n) is 10.4. The number of rotatable bonds is 4. The Labute approximate surface area is 111 Å². The maximum atomic E-state index is 11.8. The van der Waals surface area contributed by atoms with E-state index < -0.39 is 20.5 Å². The second kappa shape index (κ2) is 5.24. The number of carbonyl (C=O) groups excluding carboxylic acids is 1. The molecule has 1 amide bonds. The number of hydrogen-bond acceptors (Lipinski definition) is 4. The van der Waals surface area contributed by atoms with Crippen molar-refractivity contribution in [3.05, 3.63) is 29.0 Å². The van der Waals surface area contributed by atoms with Gasteiger partial charge in [0.2, 0.25) is 0 Å². The van der Waals surface area contributed by atoms with Crippen molar-refractivity contribution in [2.75, 3.05) is 12.8 Å². The molecule has 1 rings (SSSR count). The number of hydrogen-bond donors (Lipinski definition) is 1. The van der Waals surface area contributed by atoms with E-state index >= 15 is 0 Å². The highest BCUT2D eigenvalue weighted by Gasteiger charge is 2.30. The minimum atomic E-state index is -3.25. The third-order valence-corrected chi connectivity index (χ3v) is 5.15. The topological polar surface area (TPSA) is 76.1 Å². The molecule has 18 heavy (non-hydrogen) atoms. The van der Waals surface area contributed by atoms with Crippen molar-refractivity contribution in [2.24, 2.45) is 0 Å². The predicted molar refractivity (Wildman–Crippen MR) is 70.5 cm³/mol. The third kappa shape index (κ3) is 3.43. The Morgan fingerprint density at radius 3 is 2.61 bits per heavy atom. The fourth-order valence-electron chi connectivity index (χ4n) is 1.08. The summed E-state index contributed by atoms with van der Waals surface area (Å²) >= 11 is 5.82. The Balaban J connectivity index is 2.77. The maximum absolute atomic E-state index is 11.8. The average molecular weight is 291 g/mol. The van der Waals surface area contributed by atoms with Gasteiger partial charge >= 0.3 is 0 Å². The Bertz CT molecular complexity index is 555. The molecular formula is C11H15ClN2O3S. The van der Waals surface area contributed by atoms with Crippen molar-refractivity contribution < 1.29 is 13.2 Å². The molecule has 1 N–H and O–H groups in total. The molecule has 5 nitrogen and oxygen atoms in total. The summed E-state index contributed by atoms with van der Waals surface area (Å²) in [4.78, 5) is 15.6. The number of nitrogens with one attached hydrogen (secondary N) is 1. The van der Waals surface area contributed by atoms with E-state index in [1.165, 1.54) is 18.5 Å².